The van der Waals surface area contributed by atoms with Crippen molar-refractivity contribution in [2.45, 2.75) is 0 Å². The molecule has 3 aromatic rings. The number of nitrogens with two attached hydrogens (primary N) is 1. The average molecular weight is 295 g/mol. The zero-order valence-corrected chi connectivity index (χ0v) is 12.0. The lowest BCUT2D eigenvalue weighted by molar-refractivity contribution is 0.0950. The van der Waals surface area contributed by atoms with E-state index in [-0.39, 0.29) is 5.91 Å². The Kier molecular flexibility index (Phi) is 4.02. The molecule has 0 saturated heterocycles. The number of H-pyrrole nitrogens is 1. The van der Waals surface area contributed by atoms with Crippen LogP contribution in [0.25, 0.3) is 16.9 Å². The Morgan fingerprint density at radius 1 is 1.23 bits per heavy atom. The van der Waals surface area contributed by atoms with Crippen molar-refractivity contribution in [3.05, 3.63) is 60.6 Å². The van der Waals surface area contributed by atoms with E-state index >= 15 is 0 Å². The standard InChI is InChI=1S/C16H17N5O/c17-8-9-18-16(22)15-7-6-14(20-15)12-10-19-21(11-12)13-4-2-1-3-5-13/h1-7,10-11,20H,8-9,17H2,(H,18,22). The molecule has 2 heterocycles. The SMILES string of the molecule is NCCNC(=O)c1ccc(-c2cnn(-c3ccccc3)c2)[nH]1. The van der Waals surface area contributed by atoms with Crippen LogP contribution < -0.4 is 11.1 Å². The first-order chi connectivity index (χ1) is 10.8. The van der Waals surface area contributed by atoms with Gasteiger partial charge >= 0.3 is 0 Å². The Labute approximate surface area is 128 Å². The van der Waals surface area contributed by atoms with Crippen molar-refractivity contribution < 1.29 is 4.79 Å². The molecule has 0 aliphatic rings. The van der Waals surface area contributed by atoms with Crippen LogP contribution in [0.1, 0.15) is 10.5 Å². The van der Waals surface area contributed by atoms with Crippen LogP contribution in [0.4, 0.5) is 0 Å². The number of amides is 1. The average Bonchev–Trinajstić information content (AvgIpc) is 3.22. The van der Waals surface area contributed by atoms with Gasteiger partial charge in [0.2, 0.25) is 0 Å². The molecule has 22 heavy (non-hydrogen) atoms. The molecule has 6 heteroatoms. The molecule has 0 atom stereocenters. The van der Waals surface area contributed by atoms with Gasteiger partial charge in [-0.25, -0.2) is 4.68 Å². The fraction of sp³-hybridized carbons (Fsp3) is 0.125. The molecule has 0 saturated carbocycles. The van der Waals surface area contributed by atoms with Crippen LogP contribution in [0, 0.1) is 0 Å². The van der Waals surface area contributed by atoms with Crippen LogP contribution in [-0.2, 0) is 0 Å². The fourth-order valence-electron chi connectivity index (χ4n) is 2.16. The molecule has 2 aromatic heterocycles. The molecule has 0 radical (unpaired) electrons. The fourth-order valence-corrected chi connectivity index (χ4v) is 2.16. The lowest BCUT2D eigenvalue weighted by atomic mass is 10.2. The van der Waals surface area contributed by atoms with E-state index in [1.807, 2.05) is 42.6 Å². The van der Waals surface area contributed by atoms with Crippen LogP contribution in [0.15, 0.2) is 54.9 Å². The quantitative estimate of drug-likeness (QED) is 0.667. The molecule has 0 fully saturated rings. The van der Waals surface area contributed by atoms with Crippen LogP contribution >= 0.6 is 0 Å². The Balaban J connectivity index is 1.80. The Hall–Kier alpha value is -2.86. The van der Waals surface area contributed by atoms with Crippen LogP contribution in [0.5, 0.6) is 0 Å². The number of rotatable bonds is 5. The number of nitrogens with zero attached hydrogens (tertiary/aromatic N) is 2. The van der Waals surface area contributed by atoms with E-state index in [0.29, 0.717) is 18.8 Å². The second-order valence-corrected chi connectivity index (χ2v) is 4.84. The highest BCUT2D eigenvalue weighted by atomic mass is 16.1. The number of aromatic amines is 1. The molecule has 112 valence electrons. The van der Waals surface area contributed by atoms with E-state index in [0.717, 1.165) is 16.9 Å². The Bertz CT molecular complexity index is 760. The van der Waals surface area contributed by atoms with Crippen molar-refractivity contribution in [1.29, 1.82) is 0 Å². The normalized spacial score (nSPS) is 10.6. The van der Waals surface area contributed by atoms with E-state index in [4.69, 9.17) is 5.73 Å². The van der Waals surface area contributed by atoms with Gasteiger partial charge in [0.25, 0.3) is 5.91 Å². The zero-order valence-electron chi connectivity index (χ0n) is 12.0. The molecule has 0 unspecified atom stereocenters. The minimum absolute atomic E-state index is 0.160. The summed E-state index contributed by atoms with van der Waals surface area (Å²) in [5.41, 5.74) is 8.64. The van der Waals surface area contributed by atoms with Gasteiger partial charge in [0.1, 0.15) is 5.69 Å². The highest BCUT2D eigenvalue weighted by Gasteiger charge is 2.10. The van der Waals surface area contributed by atoms with Gasteiger partial charge in [-0.05, 0) is 24.3 Å². The summed E-state index contributed by atoms with van der Waals surface area (Å²) in [5, 5.41) is 7.07. The summed E-state index contributed by atoms with van der Waals surface area (Å²) in [6.45, 7) is 0.877. The number of carbonyl (C=O) groups excluding carboxylic acids is 1. The van der Waals surface area contributed by atoms with Gasteiger partial charge < -0.3 is 16.0 Å². The maximum atomic E-state index is 11.9. The molecule has 6 nitrogen and oxygen atoms in total. The number of hydrogen-bond donors (Lipinski definition) is 3. The van der Waals surface area contributed by atoms with E-state index in [9.17, 15) is 4.79 Å². The molecule has 1 amide bonds. The summed E-state index contributed by atoms with van der Waals surface area (Å²) in [5.74, 6) is -0.160. The maximum Gasteiger partial charge on any atom is 0.267 e. The summed E-state index contributed by atoms with van der Waals surface area (Å²) in [4.78, 5) is 15.0. The molecular formula is C16H17N5O. The number of carbonyl (C=O) groups is 1. The van der Waals surface area contributed by atoms with Crippen molar-refractivity contribution in [3.8, 4) is 16.9 Å². The van der Waals surface area contributed by atoms with Gasteiger partial charge in [-0.15, -0.1) is 0 Å². The van der Waals surface area contributed by atoms with E-state index in [2.05, 4.69) is 15.4 Å². The van der Waals surface area contributed by atoms with E-state index in [1.54, 1.807) is 16.9 Å². The van der Waals surface area contributed by atoms with Gasteiger partial charge in [-0.3, -0.25) is 4.79 Å². The first-order valence-corrected chi connectivity index (χ1v) is 7.05. The van der Waals surface area contributed by atoms with Crippen LogP contribution in [0.2, 0.25) is 0 Å². The first kappa shape index (κ1) is 14.1. The number of hydrogen-bond acceptors (Lipinski definition) is 3. The summed E-state index contributed by atoms with van der Waals surface area (Å²) in [6.07, 6.45) is 3.68. The van der Waals surface area contributed by atoms with E-state index in [1.165, 1.54) is 0 Å². The third-order valence-corrected chi connectivity index (χ3v) is 3.27. The number of benzene rings is 1. The third-order valence-electron chi connectivity index (χ3n) is 3.27. The van der Waals surface area contributed by atoms with Gasteiger partial charge in [0.05, 0.1) is 11.9 Å². The van der Waals surface area contributed by atoms with Crippen LogP contribution in [0.3, 0.4) is 0 Å². The van der Waals surface area contributed by atoms with Gasteiger partial charge in [0, 0.05) is 30.5 Å². The predicted octanol–water partition coefficient (Wildman–Crippen LogP) is 1.56. The summed E-state index contributed by atoms with van der Waals surface area (Å²) < 4.78 is 1.80. The molecule has 4 N–H and O–H groups in total. The van der Waals surface area contributed by atoms with Gasteiger partial charge in [0.15, 0.2) is 0 Å². The topological polar surface area (TPSA) is 88.7 Å². The summed E-state index contributed by atoms with van der Waals surface area (Å²) in [7, 11) is 0. The van der Waals surface area contributed by atoms with E-state index < -0.39 is 0 Å². The lowest BCUT2D eigenvalue weighted by Gasteiger charge is -2.00. The second kappa shape index (κ2) is 6.28. The highest BCUT2D eigenvalue weighted by molar-refractivity contribution is 5.93. The van der Waals surface area contributed by atoms with Crippen molar-refractivity contribution in [3.63, 3.8) is 0 Å². The molecule has 0 spiro atoms. The minimum atomic E-state index is -0.160. The molecule has 0 bridgehead atoms. The van der Waals surface area contributed by atoms with Gasteiger partial charge in [-0.2, -0.15) is 5.10 Å². The molecule has 0 aliphatic carbocycles. The summed E-state index contributed by atoms with van der Waals surface area (Å²) >= 11 is 0. The highest BCUT2D eigenvalue weighted by Crippen LogP contribution is 2.19. The number of nitrogens with one attached hydrogen (secondary N) is 2. The summed E-state index contributed by atoms with van der Waals surface area (Å²) in [6, 6.07) is 13.5. The largest absolute Gasteiger partial charge is 0.350 e. The van der Waals surface area contributed by atoms with Crippen molar-refractivity contribution >= 4 is 5.91 Å². The Morgan fingerprint density at radius 2 is 2.05 bits per heavy atom. The minimum Gasteiger partial charge on any atom is -0.350 e. The molecule has 0 aliphatic heterocycles. The molecule has 1 aromatic carbocycles. The van der Waals surface area contributed by atoms with Crippen molar-refractivity contribution in [2.24, 2.45) is 5.73 Å². The predicted molar refractivity (Wildman–Crippen MR) is 84.7 cm³/mol. The van der Waals surface area contributed by atoms with Crippen molar-refractivity contribution in [2.75, 3.05) is 13.1 Å². The van der Waals surface area contributed by atoms with Gasteiger partial charge in [-0.1, -0.05) is 18.2 Å². The number of aromatic nitrogens is 3. The molecular weight excluding hydrogens is 278 g/mol. The molecule has 3 rings (SSSR count). The Morgan fingerprint density at radius 3 is 2.82 bits per heavy atom. The number of para-hydroxylation sites is 1. The van der Waals surface area contributed by atoms with Crippen molar-refractivity contribution in [1.82, 2.24) is 20.1 Å². The first-order valence-electron chi connectivity index (χ1n) is 7.05. The second-order valence-electron chi connectivity index (χ2n) is 4.84. The zero-order chi connectivity index (χ0) is 15.4. The third kappa shape index (κ3) is 2.91. The maximum absolute atomic E-state index is 11.9. The smallest absolute Gasteiger partial charge is 0.267 e. The monoisotopic (exact) mass is 295 g/mol. The van der Waals surface area contributed by atoms with Crippen LogP contribution in [-0.4, -0.2) is 33.8 Å². The lowest BCUT2D eigenvalue weighted by Crippen LogP contribution is -2.29.